The summed E-state index contributed by atoms with van der Waals surface area (Å²) in [6, 6.07) is 4.80. The van der Waals surface area contributed by atoms with Crippen LogP contribution in [0.2, 0.25) is 0 Å². The molecule has 1 aliphatic heterocycles. The van der Waals surface area contributed by atoms with Crippen LogP contribution in [0, 0.1) is 0 Å². The van der Waals surface area contributed by atoms with Crippen molar-refractivity contribution >= 4 is 23.4 Å². The fourth-order valence-corrected chi connectivity index (χ4v) is 2.70. The normalized spacial score (nSPS) is 20.6. The Labute approximate surface area is 106 Å². The standard InChI is InChI=1S/C11H11F3N2OS/c1-15-9-10(17)16(6-18-9)8-4-2-3-7(5-8)11(12,13)14/h2-5,9,15H,6H2,1H3. The smallest absolute Gasteiger partial charge is 0.301 e. The first-order chi connectivity index (χ1) is 8.43. The monoisotopic (exact) mass is 276 g/mol. The molecule has 1 unspecified atom stereocenters. The summed E-state index contributed by atoms with van der Waals surface area (Å²) in [5.41, 5.74) is -0.467. The van der Waals surface area contributed by atoms with Gasteiger partial charge in [0.15, 0.2) is 0 Å². The maximum atomic E-state index is 12.6. The van der Waals surface area contributed by atoms with Gasteiger partial charge in [-0.1, -0.05) is 6.07 Å². The Morgan fingerprint density at radius 2 is 2.17 bits per heavy atom. The second-order valence-electron chi connectivity index (χ2n) is 3.78. The molecule has 1 fully saturated rings. The van der Waals surface area contributed by atoms with E-state index in [4.69, 9.17) is 0 Å². The molecule has 18 heavy (non-hydrogen) atoms. The Kier molecular flexibility index (Phi) is 3.54. The third-order valence-electron chi connectivity index (χ3n) is 2.61. The Morgan fingerprint density at radius 1 is 1.44 bits per heavy atom. The number of halogens is 3. The average molecular weight is 276 g/mol. The second kappa shape index (κ2) is 4.81. The van der Waals surface area contributed by atoms with Crippen molar-refractivity contribution < 1.29 is 18.0 Å². The zero-order valence-corrected chi connectivity index (χ0v) is 10.3. The molecule has 3 nitrogen and oxygen atoms in total. The number of anilines is 1. The molecular weight excluding hydrogens is 265 g/mol. The van der Waals surface area contributed by atoms with Gasteiger partial charge >= 0.3 is 6.18 Å². The van der Waals surface area contributed by atoms with E-state index in [9.17, 15) is 18.0 Å². The van der Waals surface area contributed by atoms with E-state index in [0.717, 1.165) is 12.1 Å². The first-order valence-corrected chi connectivity index (χ1v) is 6.26. The summed E-state index contributed by atoms with van der Waals surface area (Å²) in [5.74, 6) is 0.132. The van der Waals surface area contributed by atoms with E-state index in [1.54, 1.807) is 7.05 Å². The molecule has 0 spiro atoms. The van der Waals surface area contributed by atoms with E-state index >= 15 is 0 Å². The molecule has 1 aliphatic rings. The number of carbonyl (C=O) groups excluding carboxylic acids is 1. The minimum absolute atomic E-state index is 0.221. The van der Waals surface area contributed by atoms with Gasteiger partial charge in [0.2, 0.25) is 0 Å². The number of nitrogens with zero attached hydrogens (tertiary/aromatic N) is 1. The minimum Gasteiger partial charge on any atom is -0.301 e. The average Bonchev–Trinajstić information content (AvgIpc) is 2.69. The summed E-state index contributed by atoms with van der Waals surface area (Å²) in [5, 5.41) is 2.42. The highest BCUT2D eigenvalue weighted by Gasteiger charge is 2.34. The summed E-state index contributed by atoms with van der Waals surface area (Å²) < 4.78 is 37.7. The van der Waals surface area contributed by atoms with Gasteiger partial charge in [0.25, 0.3) is 5.91 Å². The highest BCUT2D eigenvalue weighted by Crippen LogP contribution is 2.34. The molecule has 1 aromatic rings. The molecule has 1 amide bonds. The van der Waals surface area contributed by atoms with Crippen LogP contribution in [0.25, 0.3) is 0 Å². The number of hydrogen-bond donors (Lipinski definition) is 1. The number of alkyl halides is 3. The highest BCUT2D eigenvalue weighted by atomic mass is 32.2. The van der Waals surface area contributed by atoms with Crippen LogP contribution in [0.5, 0.6) is 0 Å². The van der Waals surface area contributed by atoms with E-state index in [1.807, 2.05) is 0 Å². The number of amides is 1. The molecule has 1 N–H and O–H groups in total. The van der Waals surface area contributed by atoms with Crippen molar-refractivity contribution in [3.63, 3.8) is 0 Å². The van der Waals surface area contributed by atoms with Gasteiger partial charge in [0.1, 0.15) is 5.37 Å². The molecule has 7 heteroatoms. The maximum absolute atomic E-state index is 12.6. The van der Waals surface area contributed by atoms with Gasteiger partial charge in [-0.2, -0.15) is 13.2 Å². The van der Waals surface area contributed by atoms with Crippen LogP contribution in [-0.4, -0.2) is 24.2 Å². The summed E-state index contributed by atoms with van der Waals surface area (Å²) in [7, 11) is 1.64. The molecule has 98 valence electrons. The lowest BCUT2D eigenvalue weighted by Crippen LogP contribution is -2.35. The lowest BCUT2D eigenvalue weighted by atomic mass is 10.2. The Balaban J connectivity index is 2.27. The third kappa shape index (κ3) is 2.46. The third-order valence-corrected chi connectivity index (χ3v) is 3.79. The van der Waals surface area contributed by atoms with Crippen molar-refractivity contribution in [1.82, 2.24) is 5.32 Å². The molecule has 0 bridgehead atoms. The Hall–Kier alpha value is -1.21. The van der Waals surface area contributed by atoms with Crippen molar-refractivity contribution in [2.45, 2.75) is 11.6 Å². The molecule has 0 aromatic heterocycles. The van der Waals surface area contributed by atoms with Crippen LogP contribution in [-0.2, 0) is 11.0 Å². The number of carbonyl (C=O) groups is 1. The van der Waals surface area contributed by atoms with Crippen molar-refractivity contribution in [3.8, 4) is 0 Å². The van der Waals surface area contributed by atoms with Crippen molar-refractivity contribution in [2.24, 2.45) is 0 Å². The van der Waals surface area contributed by atoms with Crippen molar-refractivity contribution in [1.29, 1.82) is 0 Å². The summed E-state index contributed by atoms with van der Waals surface area (Å²) in [6.07, 6.45) is -4.39. The van der Waals surface area contributed by atoms with Gasteiger partial charge in [-0.05, 0) is 25.2 Å². The molecule has 1 saturated heterocycles. The zero-order valence-electron chi connectivity index (χ0n) is 9.49. The predicted octanol–water partition coefficient (Wildman–Crippen LogP) is 2.29. The minimum atomic E-state index is -4.39. The molecule has 1 aromatic carbocycles. The molecule has 0 aliphatic carbocycles. The highest BCUT2D eigenvalue weighted by molar-refractivity contribution is 8.01. The van der Waals surface area contributed by atoms with Crippen LogP contribution in [0.15, 0.2) is 24.3 Å². The molecule has 0 saturated carbocycles. The Morgan fingerprint density at radius 3 is 2.72 bits per heavy atom. The quantitative estimate of drug-likeness (QED) is 0.899. The van der Waals surface area contributed by atoms with Crippen molar-refractivity contribution in [3.05, 3.63) is 29.8 Å². The fourth-order valence-electron chi connectivity index (χ4n) is 1.68. The number of likely N-dealkylation sites (N-methyl/N-ethyl adjacent to an activating group) is 1. The molecule has 1 atom stereocenters. The number of rotatable bonds is 2. The lowest BCUT2D eigenvalue weighted by molar-refractivity contribution is -0.137. The molecule has 0 radical (unpaired) electrons. The number of hydrogen-bond acceptors (Lipinski definition) is 3. The Bertz CT molecular complexity index is 464. The van der Waals surface area contributed by atoms with Crippen molar-refractivity contribution in [2.75, 3.05) is 17.8 Å². The summed E-state index contributed by atoms with van der Waals surface area (Å²) >= 11 is 1.35. The predicted molar refractivity (Wildman–Crippen MR) is 64.2 cm³/mol. The second-order valence-corrected chi connectivity index (χ2v) is 4.84. The largest absolute Gasteiger partial charge is 0.416 e. The zero-order chi connectivity index (χ0) is 13.3. The van der Waals surface area contributed by atoms with E-state index in [0.29, 0.717) is 5.88 Å². The van der Waals surface area contributed by atoms with Gasteiger partial charge in [-0.3, -0.25) is 4.79 Å². The number of nitrogens with one attached hydrogen (secondary N) is 1. The topological polar surface area (TPSA) is 32.3 Å². The van der Waals surface area contributed by atoms with Crippen LogP contribution < -0.4 is 10.2 Å². The SMILES string of the molecule is CNC1SCN(c2cccc(C(F)(F)F)c2)C1=O. The number of thioether (sulfide) groups is 1. The van der Waals surface area contributed by atoms with Crippen LogP contribution >= 0.6 is 11.8 Å². The summed E-state index contributed by atoms with van der Waals surface area (Å²) in [6.45, 7) is 0. The lowest BCUT2D eigenvalue weighted by Gasteiger charge is -2.17. The molecule has 2 rings (SSSR count). The van der Waals surface area contributed by atoms with Gasteiger partial charge in [-0.25, -0.2) is 0 Å². The van der Waals surface area contributed by atoms with Crippen LogP contribution in [0.1, 0.15) is 5.56 Å². The first kappa shape index (κ1) is 13.2. The van der Waals surface area contributed by atoms with E-state index in [-0.39, 0.29) is 17.0 Å². The van der Waals surface area contributed by atoms with E-state index in [1.165, 1.54) is 28.8 Å². The fraction of sp³-hybridized carbons (Fsp3) is 0.364. The number of benzene rings is 1. The maximum Gasteiger partial charge on any atom is 0.416 e. The van der Waals surface area contributed by atoms with Gasteiger partial charge in [0.05, 0.1) is 11.4 Å². The van der Waals surface area contributed by atoms with E-state index < -0.39 is 11.7 Å². The van der Waals surface area contributed by atoms with Gasteiger partial charge < -0.3 is 10.2 Å². The first-order valence-electron chi connectivity index (χ1n) is 5.21. The van der Waals surface area contributed by atoms with Crippen LogP contribution in [0.4, 0.5) is 18.9 Å². The van der Waals surface area contributed by atoms with Gasteiger partial charge in [-0.15, -0.1) is 11.8 Å². The molecular formula is C11H11F3N2OS. The van der Waals surface area contributed by atoms with E-state index in [2.05, 4.69) is 5.32 Å². The molecule has 1 heterocycles. The van der Waals surface area contributed by atoms with Gasteiger partial charge in [0, 0.05) is 5.69 Å². The van der Waals surface area contributed by atoms with Crippen LogP contribution in [0.3, 0.4) is 0 Å². The summed E-state index contributed by atoms with van der Waals surface area (Å²) in [4.78, 5) is 13.2.